The summed E-state index contributed by atoms with van der Waals surface area (Å²) in [4.78, 5) is 21.3. The Morgan fingerprint density at radius 3 is 2.75 bits per heavy atom. The number of nitrogens with zero attached hydrogens (tertiary/aromatic N) is 3. The fraction of sp³-hybridized carbons (Fsp3) is 0.273. The molecule has 1 N–H and O–H groups in total. The second kappa shape index (κ2) is 7.03. The van der Waals surface area contributed by atoms with Crippen LogP contribution >= 0.6 is 0 Å². The number of hydrogen-bond acceptors (Lipinski definition) is 5. The van der Waals surface area contributed by atoms with Crippen molar-refractivity contribution in [3.8, 4) is 11.4 Å². The number of nitrogens with one attached hydrogen (secondary N) is 1. The maximum absolute atomic E-state index is 12.8. The number of anilines is 1. The highest BCUT2D eigenvalue weighted by atomic mass is 16.5. The van der Waals surface area contributed by atoms with Crippen molar-refractivity contribution in [1.82, 2.24) is 15.1 Å². The predicted molar refractivity (Wildman–Crippen MR) is 104 cm³/mol. The van der Waals surface area contributed by atoms with Gasteiger partial charge in [0, 0.05) is 29.6 Å². The zero-order chi connectivity index (χ0) is 18.9. The first-order chi connectivity index (χ1) is 13.8. The summed E-state index contributed by atoms with van der Waals surface area (Å²) >= 11 is 0. The third kappa shape index (κ3) is 3.22. The van der Waals surface area contributed by atoms with Gasteiger partial charge in [0.1, 0.15) is 0 Å². The van der Waals surface area contributed by atoms with Gasteiger partial charge in [0.25, 0.3) is 0 Å². The van der Waals surface area contributed by atoms with Gasteiger partial charge in [-0.1, -0.05) is 35.5 Å². The van der Waals surface area contributed by atoms with Crippen molar-refractivity contribution in [3.63, 3.8) is 0 Å². The molecule has 0 saturated heterocycles. The summed E-state index contributed by atoms with van der Waals surface area (Å²) < 4.78 is 5.42. The van der Waals surface area contributed by atoms with Crippen molar-refractivity contribution in [2.24, 2.45) is 17.8 Å². The first-order valence-corrected chi connectivity index (χ1v) is 9.56. The van der Waals surface area contributed by atoms with E-state index < -0.39 is 0 Å². The molecule has 1 aromatic carbocycles. The molecule has 28 heavy (non-hydrogen) atoms. The molecular weight excluding hydrogens is 352 g/mol. The Balaban J connectivity index is 1.32. The van der Waals surface area contributed by atoms with Crippen molar-refractivity contribution in [3.05, 3.63) is 72.4 Å². The summed E-state index contributed by atoms with van der Waals surface area (Å²) in [5.74, 6) is 2.18. The monoisotopic (exact) mass is 372 g/mol. The van der Waals surface area contributed by atoms with Gasteiger partial charge in [0.2, 0.25) is 17.6 Å². The average Bonchev–Trinajstić information content (AvgIpc) is 3.47. The largest absolute Gasteiger partial charge is 0.339 e. The van der Waals surface area contributed by atoms with Gasteiger partial charge in [-0.05, 0) is 48.4 Å². The first-order valence-electron chi connectivity index (χ1n) is 9.56. The molecule has 2 heterocycles. The number of pyridine rings is 1. The summed E-state index contributed by atoms with van der Waals surface area (Å²) in [6, 6.07) is 11.5. The zero-order valence-corrected chi connectivity index (χ0v) is 15.3. The first kappa shape index (κ1) is 16.9. The molecule has 140 valence electrons. The predicted octanol–water partition coefficient (Wildman–Crippen LogP) is 3.87. The highest BCUT2D eigenvalue weighted by molar-refractivity contribution is 5.94. The van der Waals surface area contributed by atoms with Gasteiger partial charge in [-0.25, -0.2) is 0 Å². The Morgan fingerprint density at radius 2 is 1.96 bits per heavy atom. The van der Waals surface area contributed by atoms with Crippen LogP contribution in [0.2, 0.25) is 0 Å². The lowest BCUT2D eigenvalue weighted by atomic mass is 9.92. The number of para-hydroxylation sites is 1. The van der Waals surface area contributed by atoms with Gasteiger partial charge in [-0.2, -0.15) is 4.98 Å². The van der Waals surface area contributed by atoms with Crippen molar-refractivity contribution in [2.45, 2.75) is 19.3 Å². The smallest absolute Gasteiger partial charge is 0.231 e. The van der Waals surface area contributed by atoms with E-state index in [-0.39, 0.29) is 11.8 Å². The SMILES string of the molecule is O=C(Nc1ccccc1Cc1nc(-c2ccncc2)no1)C1CC2C=CC1C2. The van der Waals surface area contributed by atoms with Crippen molar-refractivity contribution in [1.29, 1.82) is 0 Å². The maximum Gasteiger partial charge on any atom is 0.231 e. The van der Waals surface area contributed by atoms with Gasteiger partial charge in [-0.3, -0.25) is 9.78 Å². The summed E-state index contributed by atoms with van der Waals surface area (Å²) in [7, 11) is 0. The molecule has 1 saturated carbocycles. The van der Waals surface area contributed by atoms with Crippen LogP contribution in [0, 0.1) is 17.8 Å². The van der Waals surface area contributed by atoms with Crippen LogP contribution in [0.1, 0.15) is 24.3 Å². The van der Waals surface area contributed by atoms with Crippen molar-refractivity contribution in [2.75, 3.05) is 5.32 Å². The third-order valence-corrected chi connectivity index (χ3v) is 5.64. The summed E-state index contributed by atoms with van der Waals surface area (Å²) in [5.41, 5.74) is 2.62. The minimum Gasteiger partial charge on any atom is -0.339 e. The molecule has 6 nitrogen and oxygen atoms in total. The van der Waals surface area contributed by atoms with Crippen molar-refractivity contribution >= 4 is 11.6 Å². The van der Waals surface area contributed by atoms with Gasteiger partial charge in [-0.15, -0.1) is 0 Å². The fourth-order valence-corrected chi connectivity index (χ4v) is 4.21. The molecule has 3 atom stereocenters. The lowest BCUT2D eigenvalue weighted by molar-refractivity contribution is -0.120. The second-order valence-corrected chi connectivity index (χ2v) is 7.46. The molecule has 3 unspecified atom stereocenters. The molecule has 2 aliphatic carbocycles. The number of hydrogen-bond donors (Lipinski definition) is 1. The number of rotatable bonds is 5. The van der Waals surface area contributed by atoms with E-state index in [2.05, 4.69) is 32.6 Å². The Kier molecular flexibility index (Phi) is 4.24. The van der Waals surface area contributed by atoms with Gasteiger partial charge < -0.3 is 9.84 Å². The Hall–Kier alpha value is -3.28. The normalized spacial score (nSPS) is 22.5. The van der Waals surface area contributed by atoms with E-state index in [4.69, 9.17) is 4.52 Å². The fourth-order valence-electron chi connectivity index (χ4n) is 4.21. The lowest BCUT2D eigenvalue weighted by Gasteiger charge is -2.18. The molecule has 5 rings (SSSR count). The number of amides is 1. The Morgan fingerprint density at radius 1 is 1.11 bits per heavy atom. The van der Waals surface area contributed by atoms with Crippen molar-refractivity contribution < 1.29 is 9.32 Å². The van der Waals surface area contributed by atoms with Gasteiger partial charge in [0.15, 0.2) is 0 Å². The van der Waals surface area contributed by atoms with E-state index in [0.717, 1.165) is 29.7 Å². The van der Waals surface area contributed by atoms with Crippen LogP contribution in [0.5, 0.6) is 0 Å². The molecule has 0 aliphatic heterocycles. The minimum absolute atomic E-state index is 0.0738. The summed E-state index contributed by atoms with van der Waals surface area (Å²) in [5, 5.41) is 7.18. The number of allylic oxidation sites excluding steroid dienone is 2. The van der Waals surface area contributed by atoms with E-state index >= 15 is 0 Å². The maximum atomic E-state index is 12.8. The van der Waals surface area contributed by atoms with Crippen LogP contribution in [0.3, 0.4) is 0 Å². The van der Waals surface area contributed by atoms with E-state index in [9.17, 15) is 4.79 Å². The summed E-state index contributed by atoms with van der Waals surface area (Å²) in [6.07, 6.45) is 10.4. The second-order valence-electron chi connectivity index (χ2n) is 7.46. The Labute approximate surface area is 162 Å². The number of carbonyl (C=O) groups excluding carboxylic acids is 1. The van der Waals surface area contributed by atoms with E-state index in [1.54, 1.807) is 12.4 Å². The molecule has 2 aliphatic rings. The zero-order valence-electron chi connectivity index (χ0n) is 15.3. The van der Waals surface area contributed by atoms with E-state index in [1.807, 2.05) is 36.4 Å². The van der Waals surface area contributed by atoms with E-state index in [1.165, 1.54) is 0 Å². The minimum atomic E-state index is 0.0738. The number of carbonyl (C=O) groups is 1. The molecule has 1 amide bonds. The highest BCUT2D eigenvalue weighted by Crippen LogP contribution is 2.43. The molecule has 0 radical (unpaired) electrons. The Bertz CT molecular complexity index is 1030. The molecule has 2 bridgehead atoms. The topological polar surface area (TPSA) is 80.9 Å². The molecule has 6 heteroatoms. The number of aromatic nitrogens is 3. The van der Waals surface area contributed by atoms with Crippen LogP contribution < -0.4 is 5.32 Å². The molecular formula is C22H20N4O2. The molecule has 0 spiro atoms. The molecule has 2 aromatic heterocycles. The number of benzene rings is 1. The standard InChI is InChI=1S/C22H20N4O2/c27-22(18-12-14-5-6-16(18)11-14)24-19-4-2-1-3-17(19)13-20-25-21(26-28-20)15-7-9-23-10-8-15/h1-10,14,16,18H,11-13H2,(H,24,27). The highest BCUT2D eigenvalue weighted by Gasteiger charge is 2.39. The quantitative estimate of drug-likeness (QED) is 0.688. The summed E-state index contributed by atoms with van der Waals surface area (Å²) in [6.45, 7) is 0. The average molecular weight is 372 g/mol. The van der Waals surface area contributed by atoms with Crippen LogP contribution in [-0.2, 0) is 11.2 Å². The third-order valence-electron chi connectivity index (χ3n) is 5.64. The number of fused-ring (bicyclic) bond motifs is 2. The lowest BCUT2D eigenvalue weighted by Crippen LogP contribution is -2.26. The van der Waals surface area contributed by atoms with E-state index in [0.29, 0.717) is 30.0 Å². The van der Waals surface area contributed by atoms with Crippen LogP contribution in [0.4, 0.5) is 5.69 Å². The van der Waals surface area contributed by atoms with Crippen LogP contribution in [-0.4, -0.2) is 21.0 Å². The van der Waals surface area contributed by atoms with Gasteiger partial charge in [0.05, 0.1) is 6.42 Å². The van der Waals surface area contributed by atoms with Gasteiger partial charge >= 0.3 is 0 Å². The van der Waals surface area contributed by atoms with Crippen LogP contribution in [0.25, 0.3) is 11.4 Å². The molecule has 3 aromatic rings. The van der Waals surface area contributed by atoms with Crippen LogP contribution in [0.15, 0.2) is 65.5 Å². The molecule has 1 fully saturated rings.